The Kier molecular flexibility index (Phi) is 6.81. The molecule has 0 aliphatic heterocycles. The van der Waals surface area contributed by atoms with Crippen LogP contribution in [0.5, 0.6) is 0 Å². The van der Waals surface area contributed by atoms with Crippen LogP contribution in [0.3, 0.4) is 0 Å². The summed E-state index contributed by atoms with van der Waals surface area (Å²) in [6, 6.07) is 10.2. The number of hydrogen-bond donors (Lipinski definition) is 2. The quantitative estimate of drug-likeness (QED) is 0.263. The molecule has 0 saturated carbocycles. The number of nitrogens with one attached hydrogen (secondary N) is 2. The fourth-order valence-electron chi connectivity index (χ4n) is 3.91. The Morgan fingerprint density at radius 2 is 1.45 bits per heavy atom. The number of nitrogens with zero attached hydrogens (tertiary/aromatic N) is 2. The number of aromatic amines is 1. The number of imidazole rings is 1. The van der Waals surface area contributed by atoms with Crippen LogP contribution in [0, 0.1) is 6.92 Å². The van der Waals surface area contributed by atoms with Crippen LogP contribution in [0.15, 0.2) is 67.1 Å². The van der Waals surface area contributed by atoms with Gasteiger partial charge in [-0.2, -0.15) is 26.3 Å². The summed E-state index contributed by atoms with van der Waals surface area (Å²) in [6.45, 7) is 4.38. The van der Waals surface area contributed by atoms with Crippen molar-refractivity contribution in [3.63, 3.8) is 0 Å². The van der Waals surface area contributed by atoms with Crippen LogP contribution < -0.4 is 5.32 Å². The third-order valence-electron chi connectivity index (χ3n) is 6.21. The minimum Gasteiger partial charge on any atom is -0.343 e. The van der Waals surface area contributed by atoms with Crippen LogP contribution in [-0.2, 0) is 22.6 Å². The largest absolute Gasteiger partial charge is 0.416 e. The molecule has 4 rings (SSSR count). The molecule has 1 amide bonds. The maximum Gasteiger partial charge on any atom is 0.416 e. The monoisotopic (exact) mass is 532 g/mol. The van der Waals surface area contributed by atoms with E-state index in [4.69, 9.17) is 0 Å². The number of aromatic nitrogens is 3. The van der Waals surface area contributed by atoms with Gasteiger partial charge in [0.05, 0.1) is 28.4 Å². The molecule has 0 saturated heterocycles. The third kappa shape index (κ3) is 5.41. The highest BCUT2D eigenvalue weighted by molar-refractivity contribution is 6.01. The summed E-state index contributed by atoms with van der Waals surface area (Å²) < 4.78 is 80.5. The van der Waals surface area contributed by atoms with Gasteiger partial charge in [-0.1, -0.05) is 24.3 Å². The van der Waals surface area contributed by atoms with E-state index in [2.05, 4.69) is 20.3 Å². The second-order valence-electron chi connectivity index (χ2n) is 9.24. The van der Waals surface area contributed by atoms with Crippen molar-refractivity contribution < 1.29 is 31.1 Å². The minimum absolute atomic E-state index is 0.0328. The molecule has 2 N–H and O–H groups in total. The first-order chi connectivity index (χ1) is 17.7. The topological polar surface area (TPSA) is 70.7 Å². The van der Waals surface area contributed by atoms with Gasteiger partial charge in [0.15, 0.2) is 5.82 Å². The summed E-state index contributed by atoms with van der Waals surface area (Å²) in [5, 5.41) is 2.67. The molecular formula is C27H22F6N4O. The van der Waals surface area contributed by atoms with Gasteiger partial charge in [0.1, 0.15) is 5.69 Å². The zero-order valence-electron chi connectivity index (χ0n) is 20.4. The van der Waals surface area contributed by atoms with Gasteiger partial charge in [-0.25, -0.2) is 4.98 Å². The van der Waals surface area contributed by atoms with Crippen molar-refractivity contribution in [2.24, 2.45) is 0 Å². The summed E-state index contributed by atoms with van der Waals surface area (Å²) in [4.78, 5) is 24.9. The first-order valence-electron chi connectivity index (χ1n) is 11.3. The number of carbonyl (C=O) groups is 1. The van der Waals surface area contributed by atoms with E-state index in [0.29, 0.717) is 29.2 Å². The van der Waals surface area contributed by atoms with E-state index in [9.17, 15) is 31.1 Å². The molecule has 0 spiro atoms. The number of pyridine rings is 1. The van der Waals surface area contributed by atoms with Crippen LogP contribution in [-0.4, -0.2) is 20.9 Å². The highest BCUT2D eigenvalue weighted by Gasteiger charge is 2.40. The van der Waals surface area contributed by atoms with Crippen LogP contribution in [0.25, 0.3) is 22.6 Å². The fraction of sp³-hybridized carbons (Fsp3) is 0.222. The van der Waals surface area contributed by atoms with Gasteiger partial charge in [-0.05, 0) is 61.7 Å². The van der Waals surface area contributed by atoms with Crippen LogP contribution >= 0.6 is 0 Å². The fourth-order valence-corrected chi connectivity index (χ4v) is 3.91. The molecule has 2 aromatic heterocycles. The number of halogens is 6. The SMILES string of the molecule is Cc1ccccc1-c1cc(-c2ncc[nH]2)ncc1NC(=O)C(C)(C)c1cc(C(F)(F)F)cc(C(F)(F)F)c1. The summed E-state index contributed by atoms with van der Waals surface area (Å²) in [5.41, 5.74) is -2.33. The number of carbonyl (C=O) groups excluding carboxylic acids is 1. The van der Waals surface area contributed by atoms with Crippen molar-refractivity contribution in [3.05, 3.63) is 89.4 Å². The van der Waals surface area contributed by atoms with E-state index >= 15 is 0 Å². The zero-order chi connectivity index (χ0) is 27.9. The van der Waals surface area contributed by atoms with Gasteiger partial charge in [0, 0.05) is 18.0 Å². The van der Waals surface area contributed by atoms with Gasteiger partial charge in [-0.3, -0.25) is 9.78 Å². The van der Waals surface area contributed by atoms with Crippen molar-refractivity contribution in [1.82, 2.24) is 15.0 Å². The third-order valence-corrected chi connectivity index (χ3v) is 6.21. The molecule has 11 heteroatoms. The van der Waals surface area contributed by atoms with Gasteiger partial charge < -0.3 is 10.3 Å². The lowest BCUT2D eigenvalue weighted by atomic mass is 9.81. The lowest BCUT2D eigenvalue weighted by Gasteiger charge is -2.27. The van der Waals surface area contributed by atoms with Gasteiger partial charge in [-0.15, -0.1) is 0 Å². The molecule has 4 aromatic rings. The Balaban J connectivity index is 1.78. The molecule has 0 fully saturated rings. The Labute approximate surface area is 214 Å². The van der Waals surface area contributed by atoms with E-state index in [0.717, 1.165) is 11.1 Å². The Hall–Kier alpha value is -4.15. The number of benzene rings is 2. The van der Waals surface area contributed by atoms with Crippen LogP contribution in [0.4, 0.5) is 32.0 Å². The van der Waals surface area contributed by atoms with Crippen molar-refractivity contribution in [1.29, 1.82) is 0 Å². The first kappa shape index (κ1) is 26.9. The normalized spacial score (nSPS) is 12.4. The van der Waals surface area contributed by atoms with E-state index in [1.165, 1.54) is 20.0 Å². The lowest BCUT2D eigenvalue weighted by Crippen LogP contribution is -2.35. The maximum absolute atomic E-state index is 13.4. The second-order valence-corrected chi connectivity index (χ2v) is 9.24. The zero-order valence-corrected chi connectivity index (χ0v) is 20.4. The second kappa shape index (κ2) is 9.62. The molecular weight excluding hydrogens is 510 g/mol. The van der Waals surface area contributed by atoms with Crippen LogP contribution in [0.1, 0.15) is 36.1 Å². The molecule has 5 nitrogen and oxygen atoms in total. The number of hydrogen-bond acceptors (Lipinski definition) is 3. The van der Waals surface area contributed by atoms with Gasteiger partial charge in [0.2, 0.25) is 5.91 Å². The van der Waals surface area contributed by atoms with Crippen molar-refractivity contribution in [2.45, 2.75) is 38.5 Å². The Morgan fingerprint density at radius 3 is 2.00 bits per heavy atom. The lowest BCUT2D eigenvalue weighted by molar-refractivity contribution is -0.143. The number of aryl methyl sites for hydroxylation is 1. The summed E-state index contributed by atoms with van der Waals surface area (Å²) in [6.07, 6.45) is -5.53. The molecule has 0 aliphatic carbocycles. The molecule has 2 aromatic carbocycles. The summed E-state index contributed by atoms with van der Waals surface area (Å²) in [5.74, 6) is -0.339. The first-order valence-corrected chi connectivity index (χ1v) is 11.3. The van der Waals surface area contributed by atoms with E-state index in [1.54, 1.807) is 24.5 Å². The molecule has 198 valence electrons. The van der Waals surface area contributed by atoms with Gasteiger partial charge >= 0.3 is 12.4 Å². The minimum atomic E-state index is -5.04. The molecule has 0 unspecified atom stereocenters. The summed E-state index contributed by atoms with van der Waals surface area (Å²) in [7, 11) is 0. The van der Waals surface area contributed by atoms with Gasteiger partial charge in [0.25, 0.3) is 0 Å². The van der Waals surface area contributed by atoms with Crippen LogP contribution in [0.2, 0.25) is 0 Å². The summed E-state index contributed by atoms with van der Waals surface area (Å²) >= 11 is 0. The van der Waals surface area contributed by atoms with Crippen molar-refractivity contribution in [2.75, 3.05) is 5.32 Å². The predicted octanol–water partition coefficient (Wildman–Crippen LogP) is 7.40. The predicted molar refractivity (Wildman–Crippen MR) is 130 cm³/mol. The van der Waals surface area contributed by atoms with E-state index < -0.39 is 40.4 Å². The van der Waals surface area contributed by atoms with E-state index in [1.807, 2.05) is 25.1 Å². The smallest absolute Gasteiger partial charge is 0.343 e. The number of H-pyrrole nitrogens is 1. The Bertz CT molecular complexity index is 1440. The molecule has 0 bridgehead atoms. The highest BCUT2D eigenvalue weighted by Crippen LogP contribution is 2.40. The maximum atomic E-state index is 13.4. The average Bonchev–Trinajstić information content (AvgIpc) is 3.38. The average molecular weight is 532 g/mol. The number of rotatable bonds is 5. The molecule has 0 aliphatic rings. The van der Waals surface area contributed by atoms with Crippen molar-refractivity contribution >= 4 is 11.6 Å². The highest BCUT2D eigenvalue weighted by atomic mass is 19.4. The molecule has 0 atom stereocenters. The number of alkyl halides is 6. The number of anilines is 1. The van der Waals surface area contributed by atoms with E-state index in [-0.39, 0.29) is 11.8 Å². The number of amides is 1. The Morgan fingerprint density at radius 1 is 0.842 bits per heavy atom. The molecule has 38 heavy (non-hydrogen) atoms. The molecule has 0 radical (unpaired) electrons. The van der Waals surface area contributed by atoms with Crippen molar-refractivity contribution in [3.8, 4) is 22.6 Å². The molecule has 2 heterocycles. The standard InChI is InChI=1S/C27H22F6N4O/c1-15-6-4-5-7-19(15)20-13-21(23-34-8-9-35-23)36-14-22(20)37-24(38)25(2,3)16-10-17(26(28,29)30)12-18(11-16)27(31,32)33/h4-14H,1-3H3,(H,34,35)(H,37,38).